The minimum Gasteiger partial charge on any atom is -0.493 e. The third-order valence-electron chi connectivity index (χ3n) is 6.94. The van der Waals surface area contributed by atoms with E-state index in [-0.39, 0.29) is 23.9 Å². The Morgan fingerprint density at radius 3 is 2.46 bits per heavy atom. The fourth-order valence-corrected chi connectivity index (χ4v) is 5.27. The van der Waals surface area contributed by atoms with Gasteiger partial charge in [0.15, 0.2) is 11.5 Å². The lowest BCUT2D eigenvalue weighted by Gasteiger charge is -2.22. The molecule has 0 saturated heterocycles. The standard InChI is InChI=1S/C30H29BrFN3O4/c1-37-26-14-19(15-27(38-2)28(26)39-18-21-10-6-7-11-24(21)32)17-33-35-29(20-8-4-3-5-9-20)34-25-13-12-22(31)16-23(25)30(35)36/h6-7,10-17,20H,3-5,8-9,18H2,1-2H3. The Hall–Kier alpha value is -3.72. The molecule has 0 bridgehead atoms. The number of fused-ring (bicyclic) bond motifs is 1. The third kappa shape index (κ3) is 5.83. The van der Waals surface area contributed by atoms with E-state index in [0.29, 0.717) is 45.1 Å². The van der Waals surface area contributed by atoms with Crippen LogP contribution in [0.15, 0.2) is 69.0 Å². The van der Waals surface area contributed by atoms with Crippen LogP contribution in [0.1, 0.15) is 55.0 Å². The average molecular weight is 594 g/mol. The summed E-state index contributed by atoms with van der Waals surface area (Å²) in [7, 11) is 3.03. The van der Waals surface area contributed by atoms with Crippen molar-refractivity contribution in [1.82, 2.24) is 9.66 Å². The second kappa shape index (κ2) is 12.0. The van der Waals surface area contributed by atoms with Gasteiger partial charge in [0.1, 0.15) is 18.2 Å². The molecule has 1 saturated carbocycles. The molecule has 0 amide bonds. The maximum absolute atomic E-state index is 14.1. The zero-order chi connectivity index (χ0) is 27.4. The van der Waals surface area contributed by atoms with Crippen LogP contribution in [-0.2, 0) is 6.61 Å². The Labute approximate surface area is 234 Å². The van der Waals surface area contributed by atoms with E-state index in [1.807, 2.05) is 12.1 Å². The molecule has 7 nitrogen and oxygen atoms in total. The lowest BCUT2D eigenvalue weighted by Crippen LogP contribution is -2.25. The van der Waals surface area contributed by atoms with Gasteiger partial charge in [-0.25, -0.2) is 9.37 Å². The monoisotopic (exact) mass is 593 g/mol. The summed E-state index contributed by atoms with van der Waals surface area (Å²) in [5.41, 5.74) is 1.49. The Morgan fingerprint density at radius 2 is 1.77 bits per heavy atom. The molecule has 1 aliphatic carbocycles. The molecule has 0 aliphatic heterocycles. The van der Waals surface area contributed by atoms with Gasteiger partial charge in [0.25, 0.3) is 5.56 Å². The van der Waals surface area contributed by atoms with Crippen LogP contribution >= 0.6 is 15.9 Å². The summed E-state index contributed by atoms with van der Waals surface area (Å²) in [6, 6.07) is 15.4. The molecule has 39 heavy (non-hydrogen) atoms. The minimum atomic E-state index is -0.352. The van der Waals surface area contributed by atoms with E-state index in [1.165, 1.54) is 31.4 Å². The van der Waals surface area contributed by atoms with Crippen molar-refractivity contribution in [2.45, 2.75) is 44.6 Å². The summed E-state index contributed by atoms with van der Waals surface area (Å²) in [5, 5.41) is 5.11. The first-order valence-corrected chi connectivity index (χ1v) is 13.7. The van der Waals surface area contributed by atoms with Gasteiger partial charge in [-0.1, -0.05) is 53.4 Å². The number of hydrogen-bond donors (Lipinski definition) is 0. The van der Waals surface area contributed by atoms with Crippen LogP contribution in [0.25, 0.3) is 10.9 Å². The van der Waals surface area contributed by atoms with Crippen molar-refractivity contribution in [3.8, 4) is 17.2 Å². The average Bonchev–Trinajstić information content (AvgIpc) is 2.96. The van der Waals surface area contributed by atoms with Crippen molar-refractivity contribution in [3.63, 3.8) is 0 Å². The molecular weight excluding hydrogens is 565 g/mol. The van der Waals surface area contributed by atoms with Crippen molar-refractivity contribution in [2.24, 2.45) is 5.10 Å². The number of benzene rings is 3. The first-order chi connectivity index (χ1) is 19.0. The highest BCUT2D eigenvalue weighted by Crippen LogP contribution is 2.39. The number of rotatable bonds is 8. The molecule has 5 rings (SSSR count). The normalized spacial score (nSPS) is 14.2. The van der Waals surface area contributed by atoms with Gasteiger partial charge in [-0.05, 0) is 49.2 Å². The van der Waals surface area contributed by atoms with E-state index in [9.17, 15) is 9.18 Å². The molecule has 0 unspecified atom stereocenters. The lowest BCUT2D eigenvalue weighted by molar-refractivity contribution is 0.262. The van der Waals surface area contributed by atoms with Gasteiger partial charge in [0.2, 0.25) is 5.75 Å². The molecule has 0 spiro atoms. The summed E-state index contributed by atoms with van der Waals surface area (Å²) >= 11 is 3.46. The van der Waals surface area contributed by atoms with E-state index in [2.05, 4.69) is 21.0 Å². The van der Waals surface area contributed by atoms with Gasteiger partial charge in [0.05, 0.1) is 31.3 Å². The Bertz CT molecular complexity index is 1560. The smallest absolute Gasteiger partial charge is 0.282 e. The molecule has 1 heterocycles. The van der Waals surface area contributed by atoms with Crippen LogP contribution in [0.2, 0.25) is 0 Å². The number of hydrogen-bond acceptors (Lipinski definition) is 6. The molecule has 4 aromatic rings. The summed E-state index contributed by atoms with van der Waals surface area (Å²) in [6.07, 6.45) is 6.93. The van der Waals surface area contributed by atoms with Crippen molar-refractivity contribution in [2.75, 3.05) is 14.2 Å². The summed E-state index contributed by atoms with van der Waals surface area (Å²) in [4.78, 5) is 18.5. The Balaban J connectivity index is 1.53. The molecule has 0 atom stereocenters. The fraction of sp³-hybridized carbons (Fsp3) is 0.300. The number of aromatic nitrogens is 2. The second-order valence-electron chi connectivity index (χ2n) is 9.46. The number of halogens is 2. The third-order valence-corrected chi connectivity index (χ3v) is 7.43. The van der Waals surface area contributed by atoms with Crippen LogP contribution in [-0.4, -0.2) is 30.1 Å². The van der Waals surface area contributed by atoms with Crippen molar-refractivity contribution in [3.05, 3.63) is 92.2 Å². The van der Waals surface area contributed by atoms with E-state index < -0.39 is 0 Å². The quantitative estimate of drug-likeness (QED) is 0.209. The van der Waals surface area contributed by atoms with Gasteiger partial charge in [-0.2, -0.15) is 9.78 Å². The maximum atomic E-state index is 14.1. The topological polar surface area (TPSA) is 74.9 Å². The largest absolute Gasteiger partial charge is 0.493 e. The first-order valence-electron chi connectivity index (χ1n) is 12.9. The molecule has 3 aromatic carbocycles. The van der Waals surface area contributed by atoms with Crippen LogP contribution < -0.4 is 19.8 Å². The lowest BCUT2D eigenvalue weighted by atomic mass is 9.88. The zero-order valence-corrected chi connectivity index (χ0v) is 23.4. The molecule has 1 fully saturated rings. The molecular formula is C30H29BrFN3O4. The van der Waals surface area contributed by atoms with Gasteiger partial charge in [-0.3, -0.25) is 4.79 Å². The van der Waals surface area contributed by atoms with Crippen molar-refractivity contribution >= 4 is 33.0 Å². The predicted molar refractivity (Wildman–Crippen MR) is 153 cm³/mol. The Kier molecular flexibility index (Phi) is 8.26. The molecule has 1 aliphatic rings. The molecule has 9 heteroatoms. The van der Waals surface area contributed by atoms with Gasteiger partial charge in [0, 0.05) is 21.5 Å². The number of ether oxygens (including phenoxy) is 3. The summed E-state index contributed by atoms with van der Waals surface area (Å²) < 4.78 is 33.4. The van der Waals surface area contributed by atoms with Gasteiger partial charge in [-0.15, -0.1) is 0 Å². The predicted octanol–water partition coefficient (Wildman–Crippen LogP) is 6.82. The zero-order valence-electron chi connectivity index (χ0n) is 21.8. The van der Waals surface area contributed by atoms with Crippen LogP contribution in [0, 0.1) is 5.82 Å². The fourth-order valence-electron chi connectivity index (χ4n) is 4.91. The van der Waals surface area contributed by atoms with Crippen LogP contribution in [0.5, 0.6) is 17.2 Å². The van der Waals surface area contributed by atoms with Crippen molar-refractivity contribution < 1.29 is 18.6 Å². The second-order valence-corrected chi connectivity index (χ2v) is 10.4. The van der Waals surface area contributed by atoms with Crippen LogP contribution in [0.4, 0.5) is 4.39 Å². The summed E-state index contributed by atoms with van der Waals surface area (Å²) in [6.45, 7) is 0.00525. The molecule has 0 radical (unpaired) electrons. The highest BCUT2D eigenvalue weighted by atomic mass is 79.9. The van der Waals surface area contributed by atoms with Gasteiger partial charge < -0.3 is 14.2 Å². The highest BCUT2D eigenvalue weighted by Gasteiger charge is 2.23. The SMILES string of the molecule is COc1cc(C=Nn2c(C3CCCCC3)nc3ccc(Br)cc3c2=O)cc(OC)c1OCc1ccccc1F. The molecule has 1 aromatic heterocycles. The van der Waals surface area contributed by atoms with Gasteiger partial charge >= 0.3 is 0 Å². The minimum absolute atomic E-state index is 0.00525. The molecule has 0 N–H and O–H groups in total. The highest BCUT2D eigenvalue weighted by molar-refractivity contribution is 9.10. The van der Waals surface area contributed by atoms with Crippen LogP contribution in [0.3, 0.4) is 0 Å². The number of methoxy groups -OCH3 is 2. The van der Waals surface area contributed by atoms with E-state index in [1.54, 1.807) is 42.6 Å². The van der Waals surface area contributed by atoms with E-state index in [4.69, 9.17) is 19.2 Å². The van der Waals surface area contributed by atoms with E-state index in [0.717, 1.165) is 30.2 Å². The molecule has 202 valence electrons. The van der Waals surface area contributed by atoms with Crippen molar-refractivity contribution in [1.29, 1.82) is 0 Å². The summed E-state index contributed by atoms with van der Waals surface area (Å²) in [5.74, 6) is 1.62. The van der Waals surface area contributed by atoms with E-state index >= 15 is 0 Å². The maximum Gasteiger partial charge on any atom is 0.282 e. The number of nitrogens with zero attached hydrogens (tertiary/aromatic N) is 3. The Morgan fingerprint density at radius 1 is 1.05 bits per heavy atom. The first kappa shape index (κ1) is 26.9.